The van der Waals surface area contributed by atoms with Crippen molar-refractivity contribution in [1.82, 2.24) is 14.5 Å². The minimum Gasteiger partial charge on any atom is -0.313 e. The first-order chi connectivity index (χ1) is 7.31. The highest BCUT2D eigenvalue weighted by atomic mass is 19.4. The molecule has 1 aromatic rings. The summed E-state index contributed by atoms with van der Waals surface area (Å²) in [6.45, 7) is 1.79. The second-order valence-electron chi connectivity index (χ2n) is 3.59. The smallest absolute Gasteiger partial charge is 0.313 e. The van der Waals surface area contributed by atoms with Crippen LogP contribution in [0.3, 0.4) is 0 Å². The molecule has 0 aliphatic rings. The highest BCUT2D eigenvalue weighted by molar-refractivity contribution is 5.76. The largest absolute Gasteiger partial charge is 0.406 e. The molecule has 1 amide bonds. The molecule has 0 bridgehead atoms. The molecule has 0 saturated carbocycles. The van der Waals surface area contributed by atoms with Crippen molar-refractivity contribution in [2.45, 2.75) is 26.1 Å². The number of hydrogen-bond acceptors (Lipinski definition) is 2. The van der Waals surface area contributed by atoms with Gasteiger partial charge in [-0.1, -0.05) is 0 Å². The van der Waals surface area contributed by atoms with Gasteiger partial charge < -0.3 is 4.90 Å². The molecule has 0 radical (unpaired) electrons. The number of aromatic nitrogens is 2. The quantitative estimate of drug-likeness (QED) is 0.787. The van der Waals surface area contributed by atoms with Gasteiger partial charge in [0.25, 0.3) is 0 Å². The van der Waals surface area contributed by atoms with E-state index in [1.807, 2.05) is 0 Å². The molecule has 4 nitrogen and oxygen atoms in total. The maximum absolute atomic E-state index is 12.2. The van der Waals surface area contributed by atoms with Crippen molar-refractivity contribution in [2.24, 2.45) is 0 Å². The van der Waals surface area contributed by atoms with Crippen LogP contribution in [0.4, 0.5) is 18.0 Å². The Kier molecular flexibility index (Phi) is 3.56. The third-order valence-electron chi connectivity index (χ3n) is 1.94. The average molecular weight is 235 g/mol. The number of rotatable bonds is 2. The second-order valence-corrected chi connectivity index (χ2v) is 3.59. The van der Waals surface area contributed by atoms with Crippen molar-refractivity contribution in [3.8, 4) is 0 Å². The van der Waals surface area contributed by atoms with Crippen LogP contribution in [-0.4, -0.2) is 39.2 Å². The summed E-state index contributed by atoms with van der Waals surface area (Å²) in [6, 6.07) is -1.26. The molecule has 7 heteroatoms. The first kappa shape index (κ1) is 12.5. The fraction of sp³-hybridized carbons (Fsp3) is 0.556. The normalized spacial score (nSPS) is 11.9. The van der Waals surface area contributed by atoms with Crippen molar-refractivity contribution in [3.63, 3.8) is 0 Å². The summed E-state index contributed by atoms with van der Waals surface area (Å²) in [5.41, 5.74) is 0. The molecule has 0 aliphatic carbocycles. The number of carbonyl (C=O) groups excluding carboxylic acids is 1. The number of halogens is 3. The lowest BCUT2D eigenvalue weighted by Crippen LogP contribution is -2.45. The second kappa shape index (κ2) is 4.54. The summed E-state index contributed by atoms with van der Waals surface area (Å²) >= 11 is 0. The van der Waals surface area contributed by atoms with Gasteiger partial charge in [0, 0.05) is 18.4 Å². The highest BCUT2D eigenvalue weighted by Gasteiger charge is 2.34. The van der Waals surface area contributed by atoms with Crippen LogP contribution in [0.5, 0.6) is 0 Å². The van der Waals surface area contributed by atoms with Gasteiger partial charge in [0.2, 0.25) is 0 Å². The Morgan fingerprint density at radius 2 is 2.12 bits per heavy atom. The van der Waals surface area contributed by atoms with Crippen LogP contribution in [0, 0.1) is 0 Å². The molecule has 16 heavy (non-hydrogen) atoms. The number of carbonyl (C=O) groups is 1. The molecule has 1 aromatic heterocycles. The number of imidazole rings is 1. The van der Waals surface area contributed by atoms with E-state index in [4.69, 9.17) is 0 Å². The molecule has 0 aromatic carbocycles. The van der Waals surface area contributed by atoms with E-state index < -0.39 is 24.8 Å². The Labute approximate surface area is 90.7 Å². The minimum atomic E-state index is -4.40. The average Bonchev–Trinajstić information content (AvgIpc) is 2.63. The molecule has 0 atom stereocenters. The minimum absolute atomic E-state index is 0.531. The predicted octanol–water partition coefficient (Wildman–Crippen LogP) is 2.12. The van der Waals surface area contributed by atoms with Gasteiger partial charge >= 0.3 is 12.2 Å². The Morgan fingerprint density at radius 3 is 2.50 bits per heavy atom. The third-order valence-corrected chi connectivity index (χ3v) is 1.94. The molecule has 0 aliphatic heterocycles. The van der Waals surface area contributed by atoms with Gasteiger partial charge in [-0.05, 0) is 13.8 Å². The maximum atomic E-state index is 12.2. The zero-order valence-corrected chi connectivity index (χ0v) is 8.90. The van der Waals surface area contributed by atoms with Crippen LogP contribution in [-0.2, 0) is 0 Å². The van der Waals surface area contributed by atoms with E-state index in [-0.39, 0.29) is 0 Å². The topological polar surface area (TPSA) is 38.1 Å². The maximum Gasteiger partial charge on any atom is 0.406 e. The monoisotopic (exact) mass is 235 g/mol. The third kappa shape index (κ3) is 3.25. The number of hydrogen-bond donors (Lipinski definition) is 0. The summed E-state index contributed by atoms with van der Waals surface area (Å²) in [4.78, 5) is 16.0. The lowest BCUT2D eigenvalue weighted by molar-refractivity contribution is -0.142. The van der Waals surface area contributed by atoms with E-state index in [2.05, 4.69) is 4.98 Å². The van der Waals surface area contributed by atoms with Gasteiger partial charge in [0.15, 0.2) is 0 Å². The van der Waals surface area contributed by atoms with Crippen LogP contribution in [0.2, 0.25) is 0 Å². The summed E-state index contributed by atoms with van der Waals surface area (Å²) < 4.78 is 37.8. The van der Waals surface area contributed by atoms with Crippen molar-refractivity contribution in [1.29, 1.82) is 0 Å². The van der Waals surface area contributed by atoms with Gasteiger partial charge in [0.05, 0.1) is 0 Å². The Morgan fingerprint density at radius 1 is 1.50 bits per heavy atom. The first-order valence-electron chi connectivity index (χ1n) is 4.67. The zero-order chi connectivity index (χ0) is 12.3. The molecule has 0 N–H and O–H groups in total. The number of nitrogens with zero attached hydrogens (tertiary/aromatic N) is 3. The SMILES string of the molecule is CC(C)N(CC(F)(F)F)C(=O)n1ccnc1. The summed E-state index contributed by atoms with van der Waals surface area (Å²) in [7, 11) is 0. The lowest BCUT2D eigenvalue weighted by Gasteiger charge is -2.27. The van der Waals surface area contributed by atoms with Crippen LogP contribution < -0.4 is 0 Å². The van der Waals surface area contributed by atoms with E-state index in [9.17, 15) is 18.0 Å². The fourth-order valence-corrected chi connectivity index (χ4v) is 1.18. The van der Waals surface area contributed by atoms with Gasteiger partial charge in [-0.25, -0.2) is 9.78 Å². The van der Waals surface area contributed by atoms with Crippen molar-refractivity contribution in [2.75, 3.05) is 6.54 Å². The first-order valence-corrected chi connectivity index (χ1v) is 4.67. The molecular formula is C9H12F3N3O. The molecule has 1 rings (SSSR count). The summed E-state index contributed by atoms with van der Waals surface area (Å²) in [6.07, 6.45) is -0.577. The van der Waals surface area contributed by atoms with Crippen molar-refractivity contribution >= 4 is 6.03 Å². The van der Waals surface area contributed by atoms with Gasteiger partial charge in [0.1, 0.15) is 12.9 Å². The highest BCUT2D eigenvalue weighted by Crippen LogP contribution is 2.18. The number of alkyl halides is 3. The van der Waals surface area contributed by atoms with E-state index in [0.717, 1.165) is 9.47 Å². The Balaban J connectivity index is 2.83. The molecular weight excluding hydrogens is 223 g/mol. The number of amides is 1. The Bertz CT molecular complexity index is 345. The summed E-state index contributed by atoms with van der Waals surface area (Å²) in [5, 5.41) is 0. The molecule has 0 fully saturated rings. The predicted molar refractivity (Wildman–Crippen MR) is 50.9 cm³/mol. The molecule has 90 valence electrons. The van der Waals surface area contributed by atoms with Gasteiger partial charge in [-0.3, -0.25) is 4.57 Å². The molecule has 0 saturated heterocycles. The van der Waals surface area contributed by atoms with Crippen LogP contribution >= 0.6 is 0 Å². The van der Waals surface area contributed by atoms with E-state index in [1.54, 1.807) is 0 Å². The Hall–Kier alpha value is -1.53. The molecule has 1 heterocycles. The van der Waals surface area contributed by atoms with Crippen LogP contribution in [0.15, 0.2) is 18.7 Å². The zero-order valence-electron chi connectivity index (χ0n) is 8.90. The van der Waals surface area contributed by atoms with E-state index >= 15 is 0 Å². The molecule has 0 spiro atoms. The van der Waals surface area contributed by atoms with Crippen molar-refractivity contribution < 1.29 is 18.0 Å². The van der Waals surface area contributed by atoms with E-state index in [0.29, 0.717) is 0 Å². The van der Waals surface area contributed by atoms with Gasteiger partial charge in [-0.15, -0.1) is 0 Å². The fourth-order valence-electron chi connectivity index (χ4n) is 1.18. The van der Waals surface area contributed by atoms with Crippen LogP contribution in [0.1, 0.15) is 13.8 Å². The van der Waals surface area contributed by atoms with Crippen LogP contribution in [0.25, 0.3) is 0 Å². The van der Waals surface area contributed by atoms with Gasteiger partial charge in [-0.2, -0.15) is 13.2 Å². The summed E-state index contributed by atoms with van der Waals surface area (Å²) in [5.74, 6) is 0. The lowest BCUT2D eigenvalue weighted by atomic mass is 10.3. The van der Waals surface area contributed by atoms with Crippen molar-refractivity contribution in [3.05, 3.63) is 18.7 Å². The molecule has 0 unspecified atom stereocenters. The standard InChI is InChI=1S/C9H12F3N3O/c1-7(2)15(5-9(10,11)12)8(16)14-4-3-13-6-14/h3-4,6-7H,5H2,1-2H3. The van der Waals surface area contributed by atoms with E-state index in [1.165, 1.54) is 32.6 Å².